The van der Waals surface area contributed by atoms with Crippen LogP contribution in [0.15, 0.2) is 18.3 Å². The Morgan fingerprint density at radius 3 is 3.00 bits per heavy atom. The van der Waals surface area contributed by atoms with Gasteiger partial charge in [0, 0.05) is 25.2 Å². The van der Waals surface area contributed by atoms with Gasteiger partial charge in [0.15, 0.2) is 0 Å². The molecule has 0 aromatic carbocycles. The lowest BCUT2D eigenvalue weighted by atomic mass is 9.98. The third kappa shape index (κ3) is 3.93. The maximum atomic E-state index is 11.6. The number of carbonyl (C=O) groups is 2. The Balaban J connectivity index is 2.16. The predicted molar refractivity (Wildman–Crippen MR) is 77.4 cm³/mol. The SMILES string of the molecule is COC(=O)c1ccnc(N2CCCCC2CCC(=O)O)c1. The number of anilines is 1. The number of rotatable bonds is 5. The van der Waals surface area contributed by atoms with Gasteiger partial charge in [-0.05, 0) is 37.8 Å². The molecule has 0 bridgehead atoms. The second-order valence-electron chi connectivity index (χ2n) is 5.17. The lowest BCUT2D eigenvalue weighted by Gasteiger charge is -2.36. The summed E-state index contributed by atoms with van der Waals surface area (Å²) >= 11 is 0. The number of carbonyl (C=O) groups excluding carboxylic acids is 1. The lowest BCUT2D eigenvalue weighted by molar-refractivity contribution is -0.137. The number of aromatic nitrogens is 1. The predicted octanol–water partition coefficient (Wildman–Crippen LogP) is 2.09. The van der Waals surface area contributed by atoms with Crippen molar-refractivity contribution < 1.29 is 19.4 Å². The number of piperidine rings is 1. The van der Waals surface area contributed by atoms with Gasteiger partial charge >= 0.3 is 11.9 Å². The first-order valence-electron chi connectivity index (χ1n) is 7.14. The van der Waals surface area contributed by atoms with E-state index in [4.69, 9.17) is 9.84 Å². The molecule has 1 unspecified atom stereocenters. The Hall–Kier alpha value is -2.11. The number of aliphatic carboxylic acids is 1. The molecule has 1 N–H and O–H groups in total. The van der Waals surface area contributed by atoms with Crippen molar-refractivity contribution in [1.29, 1.82) is 0 Å². The molecule has 1 aliphatic heterocycles. The molecule has 0 amide bonds. The van der Waals surface area contributed by atoms with Gasteiger partial charge in [-0.15, -0.1) is 0 Å². The molecular weight excluding hydrogens is 272 g/mol. The van der Waals surface area contributed by atoms with E-state index in [0.29, 0.717) is 17.8 Å². The number of hydrogen-bond acceptors (Lipinski definition) is 5. The van der Waals surface area contributed by atoms with Crippen LogP contribution in [0.25, 0.3) is 0 Å². The number of nitrogens with zero attached hydrogens (tertiary/aromatic N) is 2. The Morgan fingerprint density at radius 1 is 1.48 bits per heavy atom. The first-order valence-corrected chi connectivity index (χ1v) is 7.14. The maximum Gasteiger partial charge on any atom is 0.338 e. The number of pyridine rings is 1. The minimum Gasteiger partial charge on any atom is -0.481 e. The Kier molecular flexibility index (Phi) is 5.14. The van der Waals surface area contributed by atoms with Crippen molar-refractivity contribution in [3.8, 4) is 0 Å². The molecule has 1 atom stereocenters. The fourth-order valence-corrected chi connectivity index (χ4v) is 2.71. The number of hydrogen-bond donors (Lipinski definition) is 1. The summed E-state index contributed by atoms with van der Waals surface area (Å²) in [6.45, 7) is 0.835. The van der Waals surface area contributed by atoms with E-state index < -0.39 is 11.9 Å². The lowest BCUT2D eigenvalue weighted by Crippen LogP contribution is -2.40. The van der Waals surface area contributed by atoms with E-state index in [2.05, 4.69) is 9.88 Å². The van der Waals surface area contributed by atoms with Crippen LogP contribution < -0.4 is 4.90 Å². The van der Waals surface area contributed by atoms with Crippen LogP contribution in [0.5, 0.6) is 0 Å². The first-order chi connectivity index (χ1) is 10.1. The minimum absolute atomic E-state index is 0.151. The van der Waals surface area contributed by atoms with Gasteiger partial charge in [0.2, 0.25) is 0 Å². The van der Waals surface area contributed by atoms with Crippen LogP contribution >= 0.6 is 0 Å². The van der Waals surface area contributed by atoms with Gasteiger partial charge in [0.25, 0.3) is 0 Å². The van der Waals surface area contributed by atoms with E-state index in [1.807, 2.05) is 0 Å². The van der Waals surface area contributed by atoms with Crippen molar-refractivity contribution in [2.75, 3.05) is 18.6 Å². The largest absolute Gasteiger partial charge is 0.481 e. The van der Waals surface area contributed by atoms with Gasteiger partial charge in [0.1, 0.15) is 5.82 Å². The average Bonchev–Trinajstić information content (AvgIpc) is 2.52. The Morgan fingerprint density at radius 2 is 2.29 bits per heavy atom. The van der Waals surface area contributed by atoms with Crippen molar-refractivity contribution in [2.24, 2.45) is 0 Å². The number of ether oxygens (including phenoxy) is 1. The number of esters is 1. The molecule has 114 valence electrons. The fraction of sp³-hybridized carbons (Fsp3) is 0.533. The van der Waals surface area contributed by atoms with Crippen molar-refractivity contribution in [3.63, 3.8) is 0 Å². The van der Waals surface area contributed by atoms with Gasteiger partial charge in [-0.25, -0.2) is 9.78 Å². The molecule has 0 radical (unpaired) electrons. The van der Waals surface area contributed by atoms with Crippen LogP contribution in [0.2, 0.25) is 0 Å². The van der Waals surface area contributed by atoms with Crippen LogP contribution in [-0.2, 0) is 9.53 Å². The third-order valence-corrected chi connectivity index (χ3v) is 3.78. The molecule has 21 heavy (non-hydrogen) atoms. The summed E-state index contributed by atoms with van der Waals surface area (Å²) in [6, 6.07) is 3.49. The van der Waals surface area contributed by atoms with Gasteiger partial charge < -0.3 is 14.7 Å². The average molecular weight is 292 g/mol. The fourth-order valence-electron chi connectivity index (χ4n) is 2.71. The summed E-state index contributed by atoms with van der Waals surface area (Å²) in [7, 11) is 1.35. The molecule has 0 aliphatic carbocycles. The highest BCUT2D eigenvalue weighted by Gasteiger charge is 2.24. The van der Waals surface area contributed by atoms with Crippen LogP contribution in [0.4, 0.5) is 5.82 Å². The molecule has 6 heteroatoms. The van der Waals surface area contributed by atoms with Gasteiger partial charge in [-0.3, -0.25) is 4.79 Å². The van der Waals surface area contributed by atoms with E-state index in [-0.39, 0.29) is 12.5 Å². The van der Waals surface area contributed by atoms with E-state index in [1.165, 1.54) is 7.11 Å². The van der Waals surface area contributed by atoms with E-state index >= 15 is 0 Å². The van der Waals surface area contributed by atoms with Crippen molar-refractivity contribution in [2.45, 2.75) is 38.1 Å². The highest BCUT2D eigenvalue weighted by atomic mass is 16.5. The van der Waals surface area contributed by atoms with Gasteiger partial charge in [0.05, 0.1) is 12.7 Å². The zero-order chi connectivity index (χ0) is 15.2. The molecule has 2 rings (SSSR count). The van der Waals surface area contributed by atoms with Gasteiger partial charge in [-0.2, -0.15) is 0 Å². The number of carboxylic acids is 1. The van der Waals surface area contributed by atoms with Crippen LogP contribution in [-0.4, -0.2) is 41.7 Å². The highest BCUT2D eigenvalue weighted by Crippen LogP contribution is 2.26. The number of methoxy groups -OCH3 is 1. The summed E-state index contributed by atoms with van der Waals surface area (Å²) in [5, 5.41) is 8.85. The van der Waals surface area contributed by atoms with Crippen LogP contribution in [0, 0.1) is 0 Å². The molecule has 1 saturated heterocycles. The number of carboxylic acid groups (broad SMARTS) is 1. The van der Waals surface area contributed by atoms with Crippen molar-refractivity contribution in [1.82, 2.24) is 4.98 Å². The summed E-state index contributed by atoms with van der Waals surface area (Å²) in [5.74, 6) is -0.456. The minimum atomic E-state index is -0.781. The standard InChI is InChI=1S/C15H20N2O4/c1-21-15(20)11-7-8-16-13(10-11)17-9-3-2-4-12(17)5-6-14(18)19/h7-8,10,12H,2-6,9H2,1H3,(H,18,19). The first kappa shape index (κ1) is 15.3. The molecule has 1 aromatic heterocycles. The Bertz CT molecular complexity index is 518. The normalized spacial score (nSPS) is 18.3. The zero-order valence-electron chi connectivity index (χ0n) is 12.1. The van der Waals surface area contributed by atoms with E-state index in [1.54, 1.807) is 18.3 Å². The van der Waals surface area contributed by atoms with Crippen LogP contribution in [0.1, 0.15) is 42.5 Å². The molecule has 1 aliphatic rings. The summed E-state index contributed by atoms with van der Waals surface area (Å²) < 4.78 is 4.72. The zero-order valence-corrected chi connectivity index (χ0v) is 12.1. The van der Waals surface area contributed by atoms with Crippen LogP contribution in [0.3, 0.4) is 0 Å². The molecular formula is C15H20N2O4. The molecule has 2 heterocycles. The molecule has 6 nitrogen and oxygen atoms in total. The smallest absolute Gasteiger partial charge is 0.338 e. The summed E-state index contributed by atoms with van der Waals surface area (Å²) in [5.41, 5.74) is 0.463. The third-order valence-electron chi connectivity index (χ3n) is 3.78. The molecule has 0 spiro atoms. The van der Waals surface area contributed by atoms with Crippen molar-refractivity contribution >= 4 is 17.8 Å². The quantitative estimate of drug-likeness (QED) is 0.837. The monoisotopic (exact) mass is 292 g/mol. The summed E-state index contributed by atoms with van der Waals surface area (Å²) in [6.07, 6.45) is 5.43. The second kappa shape index (κ2) is 7.06. The molecule has 1 aromatic rings. The van der Waals surface area contributed by atoms with E-state index in [9.17, 15) is 9.59 Å². The van der Waals surface area contributed by atoms with Crippen molar-refractivity contribution in [3.05, 3.63) is 23.9 Å². The Labute approximate surface area is 123 Å². The second-order valence-corrected chi connectivity index (χ2v) is 5.17. The maximum absolute atomic E-state index is 11.6. The van der Waals surface area contributed by atoms with Gasteiger partial charge in [-0.1, -0.05) is 0 Å². The molecule has 0 saturated carbocycles. The topological polar surface area (TPSA) is 79.7 Å². The highest BCUT2D eigenvalue weighted by molar-refractivity contribution is 5.90. The van der Waals surface area contributed by atoms with E-state index in [0.717, 1.165) is 25.8 Å². The summed E-state index contributed by atoms with van der Waals surface area (Å²) in [4.78, 5) is 28.8. The molecule has 1 fully saturated rings.